The fourth-order valence-corrected chi connectivity index (χ4v) is 3.42. The molecule has 0 spiro atoms. The molecule has 4 heteroatoms. The van der Waals surface area contributed by atoms with Crippen LogP contribution in [0.4, 0.5) is 0 Å². The summed E-state index contributed by atoms with van der Waals surface area (Å²) in [6.45, 7) is 6.00. The Morgan fingerprint density at radius 2 is 1.83 bits per heavy atom. The zero-order chi connectivity index (χ0) is 17.1. The van der Waals surface area contributed by atoms with E-state index in [2.05, 4.69) is 41.9 Å². The van der Waals surface area contributed by atoms with Crippen molar-refractivity contribution in [2.75, 3.05) is 6.54 Å². The molecule has 0 bridgehead atoms. The third kappa shape index (κ3) is 3.48. The summed E-state index contributed by atoms with van der Waals surface area (Å²) in [4.78, 5) is 0. The summed E-state index contributed by atoms with van der Waals surface area (Å²) in [5, 5.41) is 15.6. The first-order chi connectivity index (χ1) is 11.6. The van der Waals surface area contributed by atoms with Crippen molar-refractivity contribution in [3.8, 4) is 0 Å². The van der Waals surface area contributed by atoms with Crippen LogP contribution in [-0.2, 0) is 13.1 Å². The first-order valence-electron chi connectivity index (χ1n) is 8.24. The highest BCUT2D eigenvalue weighted by atomic mass is 35.5. The molecule has 0 unspecified atom stereocenters. The number of rotatable bonds is 6. The molecule has 3 rings (SSSR count). The van der Waals surface area contributed by atoms with E-state index in [0.29, 0.717) is 13.1 Å². The Balaban J connectivity index is 1.69. The predicted octanol–water partition coefficient (Wildman–Crippen LogP) is 4.06. The molecule has 0 aliphatic heterocycles. The van der Waals surface area contributed by atoms with Crippen LogP contribution in [0.15, 0.2) is 48.5 Å². The van der Waals surface area contributed by atoms with E-state index in [9.17, 15) is 5.11 Å². The summed E-state index contributed by atoms with van der Waals surface area (Å²) in [5.41, 5.74) is 4.60. The van der Waals surface area contributed by atoms with Gasteiger partial charge in [-0.15, -0.1) is 0 Å². The Hall–Kier alpha value is -1.81. The Morgan fingerprint density at radius 3 is 2.58 bits per heavy atom. The van der Waals surface area contributed by atoms with Gasteiger partial charge in [0.05, 0.1) is 23.2 Å². The second kappa shape index (κ2) is 7.39. The zero-order valence-corrected chi connectivity index (χ0v) is 14.8. The van der Waals surface area contributed by atoms with Crippen molar-refractivity contribution in [1.29, 1.82) is 0 Å². The van der Waals surface area contributed by atoms with Crippen LogP contribution in [0.3, 0.4) is 0 Å². The minimum atomic E-state index is -0.473. The Labute approximate surface area is 147 Å². The minimum absolute atomic E-state index is 0.473. The number of para-hydroxylation sites is 1. The molecule has 0 aliphatic carbocycles. The van der Waals surface area contributed by atoms with Gasteiger partial charge in [-0.25, -0.2) is 0 Å². The van der Waals surface area contributed by atoms with Crippen LogP contribution in [0.1, 0.15) is 16.8 Å². The van der Waals surface area contributed by atoms with Gasteiger partial charge >= 0.3 is 0 Å². The lowest BCUT2D eigenvalue weighted by Crippen LogP contribution is -2.30. The second-order valence-electron chi connectivity index (χ2n) is 6.23. The summed E-state index contributed by atoms with van der Waals surface area (Å²) in [7, 11) is 0. The molecule has 0 saturated carbocycles. The van der Waals surface area contributed by atoms with Gasteiger partial charge in [-0.05, 0) is 31.0 Å². The van der Waals surface area contributed by atoms with Crippen molar-refractivity contribution in [2.24, 2.45) is 0 Å². The molecule has 0 fully saturated rings. The quantitative estimate of drug-likeness (QED) is 0.708. The lowest BCUT2D eigenvalue weighted by atomic mass is 10.2. The van der Waals surface area contributed by atoms with Crippen LogP contribution in [0.2, 0.25) is 5.02 Å². The van der Waals surface area contributed by atoms with Crippen LogP contribution >= 0.6 is 11.6 Å². The van der Waals surface area contributed by atoms with Crippen LogP contribution in [-0.4, -0.2) is 22.3 Å². The third-order valence-corrected chi connectivity index (χ3v) is 4.86. The number of benzene rings is 2. The normalized spacial score (nSPS) is 12.7. The van der Waals surface area contributed by atoms with Crippen LogP contribution in [0.25, 0.3) is 10.9 Å². The van der Waals surface area contributed by atoms with Gasteiger partial charge in [0.1, 0.15) is 0 Å². The van der Waals surface area contributed by atoms with Gasteiger partial charge in [0, 0.05) is 24.2 Å². The standard InChI is InChI=1S/C20H23ClN2O/c1-14-15(2)23(20-18(14)9-6-10-19(20)21)13-17(24)12-22-11-16-7-4-3-5-8-16/h3-10,17,22,24H,11-13H2,1-2H3/t17-/m0/s1. The van der Waals surface area contributed by atoms with Crippen molar-refractivity contribution in [3.05, 3.63) is 70.4 Å². The number of hydrogen-bond donors (Lipinski definition) is 2. The summed E-state index contributed by atoms with van der Waals surface area (Å²) in [6.07, 6.45) is -0.473. The maximum atomic E-state index is 10.4. The summed E-state index contributed by atoms with van der Waals surface area (Å²) in [5.74, 6) is 0. The molecule has 2 aromatic carbocycles. The van der Waals surface area contributed by atoms with E-state index in [0.717, 1.165) is 28.2 Å². The maximum absolute atomic E-state index is 10.4. The van der Waals surface area contributed by atoms with Crippen molar-refractivity contribution in [1.82, 2.24) is 9.88 Å². The number of aromatic nitrogens is 1. The molecule has 24 heavy (non-hydrogen) atoms. The number of halogens is 1. The van der Waals surface area contributed by atoms with Gasteiger partial charge in [-0.3, -0.25) is 0 Å². The number of aliphatic hydroxyl groups excluding tert-OH is 1. The van der Waals surface area contributed by atoms with Gasteiger partial charge in [0.2, 0.25) is 0 Å². The molecule has 1 aromatic heterocycles. The molecule has 126 valence electrons. The van der Waals surface area contributed by atoms with Gasteiger partial charge in [0.25, 0.3) is 0 Å². The largest absolute Gasteiger partial charge is 0.390 e. The van der Waals surface area contributed by atoms with E-state index >= 15 is 0 Å². The molecule has 0 radical (unpaired) electrons. The predicted molar refractivity (Wildman–Crippen MR) is 101 cm³/mol. The average molecular weight is 343 g/mol. The summed E-state index contributed by atoms with van der Waals surface area (Å²) >= 11 is 6.40. The van der Waals surface area contributed by atoms with Crippen molar-refractivity contribution >= 4 is 22.5 Å². The zero-order valence-electron chi connectivity index (χ0n) is 14.1. The Bertz CT molecular complexity index is 827. The highest BCUT2D eigenvalue weighted by Crippen LogP contribution is 2.30. The molecular weight excluding hydrogens is 320 g/mol. The van der Waals surface area contributed by atoms with E-state index in [1.807, 2.05) is 30.3 Å². The molecule has 0 saturated heterocycles. The highest BCUT2D eigenvalue weighted by Gasteiger charge is 2.15. The number of nitrogens with zero attached hydrogens (tertiary/aromatic N) is 1. The van der Waals surface area contributed by atoms with Crippen molar-refractivity contribution < 1.29 is 5.11 Å². The molecule has 3 nitrogen and oxygen atoms in total. The molecule has 0 amide bonds. The Kier molecular flexibility index (Phi) is 5.24. The van der Waals surface area contributed by atoms with E-state index in [1.54, 1.807) is 0 Å². The number of nitrogens with one attached hydrogen (secondary N) is 1. The lowest BCUT2D eigenvalue weighted by molar-refractivity contribution is 0.152. The number of aliphatic hydroxyl groups is 1. The van der Waals surface area contributed by atoms with Crippen LogP contribution in [0, 0.1) is 13.8 Å². The van der Waals surface area contributed by atoms with E-state index in [1.165, 1.54) is 11.1 Å². The fraction of sp³-hybridized carbons (Fsp3) is 0.300. The van der Waals surface area contributed by atoms with Crippen molar-refractivity contribution in [2.45, 2.75) is 33.0 Å². The number of fused-ring (bicyclic) bond motifs is 1. The third-order valence-electron chi connectivity index (χ3n) is 4.55. The van der Waals surface area contributed by atoms with E-state index in [4.69, 9.17) is 11.6 Å². The molecule has 1 heterocycles. The highest BCUT2D eigenvalue weighted by molar-refractivity contribution is 6.35. The van der Waals surface area contributed by atoms with Gasteiger partial charge in [-0.2, -0.15) is 0 Å². The van der Waals surface area contributed by atoms with E-state index in [-0.39, 0.29) is 0 Å². The van der Waals surface area contributed by atoms with E-state index < -0.39 is 6.10 Å². The van der Waals surface area contributed by atoms with Crippen LogP contribution < -0.4 is 5.32 Å². The first kappa shape index (κ1) is 17.0. The molecular formula is C20H23ClN2O. The fourth-order valence-electron chi connectivity index (χ4n) is 3.14. The monoisotopic (exact) mass is 342 g/mol. The number of aryl methyl sites for hydroxylation is 1. The van der Waals surface area contributed by atoms with Gasteiger partial charge in [0.15, 0.2) is 0 Å². The summed E-state index contributed by atoms with van der Waals surface area (Å²) < 4.78 is 2.13. The number of hydrogen-bond acceptors (Lipinski definition) is 2. The molecule has 3 aromatic rings. The average Bonchev–Trinajstić information content (AvgIpc) is 2.82. The molecule has 2 N–H and O–H groups in total. The van der Waals surface area contributed by atoms with Gasteiger partial charge in [-0.1, -0.05) is 54.1 Å². The maximum Gasteiger partial charge on any atom is 0.0843 e. The minimum Gasteiger partial charge on any atom is -0.390 e. The smallest absolute Gasteiger partial charge is 0.0843 e. The molecule has 0 aliphatic rings. The SMILES string of the molecule is Cc1c(C)n(C[C@@H](O)CNCc2ccccc2)c2c(Cl)cccc12. The molecule has 1 atom stereocenters. The first-order valence-corrected chi connectivity index (χ1v) is 8.62. The summed E-state index contributed by atoms with van der Waals surface area (Å²) in [6, 6.07) is 16.2. The van der Waals surface area contributed by atoms with Gasteiger partial charge < -0.3 is 15.0 Å². The van der Waals surface area contributed by atoms with Crippen molar-refractivity contribution in [3.63, 3.8) is 0 Å². The second-order valence-corrected chi connectivity index (χ2v) is 6.63. The lowest BCUT2D eigenvalue weighted by Gasteiger charge is -2.16. The van der Waals surface area contributed by atoms with Crippen LogP contribution in [0.5, 0.6) is 0 Å². The Morgan fingerprint density at radius 1 is 1.08 bits per heavy atom. The topological polar surface area (TPSA) is 37.2 Å².